The van der Waals surface area contributed by atoms with E-state index >= 15 is 0 Å². The van der Waals surface area contributed by atoms with Crippen molar-refractivity contribution >= 4 is 11.7 Å². The maximum Gasteiger partial charge on any atom is 0.225 e. The molecule has 1 amide bonds. The number of nitrogens with two attached hydrogens (primary N) is 1. The van der Waals surface area contributed by atoms with Crippen molar-refractivity contribution in [2.75, 3.05) is 26.2 Å². The highest BCUT2D eigenvalue weighted by atomic mass is 16.4. The fourth-order valence-corrected chi connectivity index (χ4v) is 3.58. The Labute approximate surface area is 127 Å². The quantitative estimate of drug-likeness (QED) is 0.354. The summed E-state index contributed by atoms with van der Waals surface area (Å²) in [5.74, 6) is 0.854. The number of amidine groups is 1. The van der Waals surface area contributed by atoms with Gasteiger partial charge in [-0.3, -0.25) is 9.69 Å². The summed E-state index contributed by atoms with van der Waals surface area (Å²) in [5.41, 5.74) is 5.75. The second kappa shape index (κ2) is 7.64. The van der Waals surface area contributed by atoms with Gasteiger partial charge in [-0.2, -0.15) is 0 Å². The van der Waals surface area contributed by atoms with Crippen LogP contribution in [-0.2, 0) is 4.79 Å². The molecule has 0 radical (unpaired) electrons. The summed E-state index contributed by atoms with van der Waals surface area (Å²) in [7, 11) is 0. The molecule has 1 heterocycles. The van der Waals surface area contributed by atoms with E-state index in [1.807, 2.05) is 11.8 Å². The molecule has 6 nitrogen and oxygen atoms in total. The monoisotopic (exact) mass is 296 g/mol. The van der Waals surface area contributed by atoms with Gasteiger partial charge in [0.25, 0.3) is 0 Å². The largest absolute Gasteiger partial charge is 0.409 e. The van der Waals surface area contributed by atoms with Crippen molar-refractivity contribution in [1.82, 2.24) is 9.80 Å². The van der Waals surface area contributed by atoms with Gasteiger partial charge in [0.1, 0.15) is 0 Å². The van der Waals surface area contributed by atoms with E-state index in [2.05, 4.69) is 10.1 Å². The van der Waals surface area contributed by atoms with Crippen LogP contribution in [0.1, 0.15) is 45.4 Å². The third kappa shape index (κ3) is 3.87. The summed E-state index contributed by atoms with van der Waals surface area (Å²) >= 11 is 0. The van der Waals surface area contributed by atoms with Crippen LogP contribution in [0.2, 0.25) is 0 Å². The zero-order valence-electron chi connectivity index (χ0n) is 13.0. The van der Waals surface area contributed by atoms with Gasteiger partial charge in [-0.15, -0.1) is 0 Å². The van der Waals surface area contributed by atoms with Crippen molar-refractivity contribution in [2.45, 2.75) is 51.5 Å². The molecule has 120 valence electrons. The number of hydrogen-bond acceptors (Lipinski definition) is 4. The molecule has 0 aromatic carbocycles. The maximum atomic E-state index is 12.5. The number of nitrogens with zero attached hydrogens (tertiary/aromatic N) is 3. The molecule has 1 aliphatic heterocycles. The SMILES string of the molecule is CCC(C(N)=NO)N1CCN(C(=O)C2CCCCC2)CC1. The Morgan fingerprint density at radius 1 is 1.24 bits per heavy atom. The Morgan fingerprint density at radius 3 is 2.38 bits per heavy atom. The zero-order valence-corrected chi connectivity index (χ0v) is 13.0. The molecule has 0 bridgehead atoms. The van der Waals surface area contributed by atoms with Crippen molar-refractivity contribution in [3.8, 4) is 0 Å². The van der Waals surface area contributed by atoms with Crippen LogP contribution in [0.15, 0.2) is 5.16 Å². The molecule has 0 aromatic rings. The highest BCUT2D eigenvalue weighted by molar-refractivity contribution is 5.85. The zero-order chi connectivity index (χ0) is 15.2. The van der Waals surface area contributed by atoms with Gasteiger partial charge >= 0.3 is 0 Å². The Balaban J connectivity index is 1.86. The van der Waals surface area contributed by atoms with Crippen LogP contribution in [-0.4, -0.2) is 59.0 Å². The molecule has 2 aliphatic rings. The average molecular weight is 296 g/mol. The third-order valence-electron chi connectivity index (χ3n) is 4.86. The van der Waals surface area contributed by atoms with E-state index in [0.717, 1.165) is 45.4 Å². The second-order valence-corrected chi connectivity index (χ2v) is 6.15. The molecule has 1 atom stereocenters. The molecule has 0 aromatic heterocycles. The molecule has 1 aliphatic carbocycles. The van der Waals surface area contributed by atoms with Crippen LogP contribution in [0.25, 0.3) is 0 Å². The molecule has 6 heteroatoms. The van der Waals surface area contributed by atoms with E-state index in [-0.39, 0.29) is 17.8 Å². The van der Waals surface area contributed by atoms with E-state index < -0.39 is 0 Å². The van der Waals surface area contributed by atoms with E-state index in [1.165, 1.54) is 19.3 Å². The molecule has 3 N–H and O–H groups in total. The highest BCUT2D eigenvalue weighted by Gasteiger charge is 2.31. The highest BCUT2D eigenvalue weighted by Crippen LogP contribution is 2.26. The van der Waals surface area contributed by atoms with Crippen LogP contribution in [0.5, 0.6) is 0 Å². The molecule has 1 saturated carbocycles. The predicted octanol–water partition coefficient (Wildman–Crippen LogP) is 1.24. The van der Waals surface area contributed by atoms with Crippen molar-refractivity contribution in [1.29, 1.82) is 0 Å². The summed E-state index contributed by atoms with van der Waals surface area (Å²) in [5, 5.41) is 12.0. The number of piperazine rings is 1. The number of oxime groups is 1. The number of hydrogen-bond donors (Lipinski definition) is 2. The molecule has 2 rings (SSSR count). The summed E-state index contributed by atoms with van der Waals surface area (Å²) in [6.07, 6.45) is 6.58. The normalized spacial score (nSPS) is 24.0. The fraction of sp³-hybridized carbons (Fsp3) is 0.867. The molecular weight excluding hydrogens is 268 g/mol. The van der Waals surface area contributed by atoms with Gasteiger partial charge in [-0.1, -0.05) is 31.3 Å². The van der Waals surface area contributed by atoms with Gasteiger partial charge in [0.2, 0.25) is 5.91 Å². The Morgan fingerprint density at radius 2 is 1.86 bits per heavy atom. The van der Waals surface area contributed by atoms with Crippen molar-refractivity contribution in [3.63, 3.8) is 0 Å². The maximum absolute atomic E-state index is 12.5. The summed E-state index contributed by atoms with van der Waals surface area (Å²) in [4.78, 5) is 16.7. The Hall–Kier alpha value is -1.30. The van der Waals surface area contributed by atoms with Crippen LogP contribution in [0.4, 0.5) is 0 Å². The van der Waals surface area contributed by atoms with Crippen LogP contribution in [0.3, 0.4) is 0 Å². The lowest BCUT2D eigenvalue weighted by atomic mass is 9.88. The topological polar surface area (TPSA) is 82.2 Å². The molecule has 0 spiro atoms. The number of carbonyl (C=O) groups excluding carboxylic acids is 1. The van der Waals surface area contributed by atoms with Gasteiger partial charge < -0.3 is 15.8 Å². The number of carbonyl (C=O) groups is 1. The van der Waals surface area contributed by atoms with Crippen molar-refractivity contribution < 1.29 is 10.0 Å². The first kappa shape index (κ1) is 16.1. The average Bonchev–Trinajstić information content (AvgIpc) is 2.56. The molecule has 2 fully saturated rings. The lowest BCUT2D eigenvalue weighted by Crippen LogP contribution is -2.56. The van der Waals surface area contributed by atoms with Gasteiger partial charge in [-0.25, -0.2) is 0 Å². The van der Waals surface area contributed by atoms with Gasteiger partial charge in [0.15, 0.2) is 5.84 Å². The summed E-state index contributed by atoms with van der Waals surface area (Å²) < 4.78 is 0. The van der Waals surface area contributed by atoms with Crippen LogP contribution in [0, 0.1) is 5.92 Å². The minimum atomic E-state index is -0.0260. The molecule has 1 unspecified atom stereocenters. The summed E-state index contributed by atoms with van der Waals surface area (Å²) in [6.45, 7) is 5.14. The second-order valence-electron chi connectivity index (χ2n) is 6.15. The minimum Gasteiger partial charge on any atom is -0.409 e. The standard InChI is InChI=1S/C15H28N4O2/c1-2-13(14(16)17-21)18-8-10-19(11-9-18)15(20)12-6-4-3-5-7-12/h12-13,21H,2-11H2,1H3,(H2,16,17). The molecule has 1 saturated heterocycles. The Bertz CT molecular complexity index is 372. The minimum absolute atomic E-state index is 0.0260. The van der Waals surface area contributed by atoms with E-state index in [0.29, 0.717) is 5.91 Å². The van der Waals surface area contributed by atoms with E-state index in [1.54, 1.807) is 0 Å². The van der Waals surface area contributed by atoms with E-state index in [4.69, 9.17) is 10.9 Å². The van der Waals surface area contributed by atoms with Gasteiger partial charge in [-0.05, 0) is 19.3 Å². The first-order valence-corrected chi connectivity index (χ1v) is 8.17. The first-order valence-electron chi connectivity index (χ1n) is 8.17. The van der Waals surface area contributed by atoms with Gasteiger partial charge in [0, 0.05) is 32.1 Å². The molecule has 21 heavy (non-hydrogen) atoms. The van der Waals surface area contributed by atoms with Crippen LogP contribution >= 0.6 is 0 Å². The van der Waals surface area contributed by atoms with E-state index in [9.17, 15) is 4.79 Å². The lowest BCUT2D eigenvalue weighted by molar-refractivity contribution is -0.138. The van der Waals surface area contributed by atoms with Crippen LogP contribution < -0.4 is 5.73 Å². The lowest BCUT2D eigenvalue weighted by Gasteiger charge is -2.40. The predicted molar refractivity (Wildman–Crippen MR) is 82.2 cm³/mol. The third-order valence-corrected chi connectivity index (χ3v) is 4.86. The smallest absolute Gasteiger partial charge is 0.225 e. The number of amides is 1. The Kier molecular flexibility index (Phi) is 5.85. The fourth-order valence-electron chi connectivity index (χ4n) is 3.58. The molecular formula is C15H28N4O2. The van der Waals surface area contributed by atoms with Crippen molar-refractivity contribution in [2.24, 2.45) is 16.8 Å². The van der Waals surface area contributed by atoms with Gasteiger partial charge in [0.05, 0.1) is 6.04 Å². The number of rotatable bonds is 4. The van der Waals surface area contributed by atoms with Crippen molar-refractivity contribution in [3.05, 3.63) is 0 Å². The first-order chi connectivity index (χ1) is 10.2. The summed E-state index contributed by atoms with van der Waals surface area (Å²) in [6, 6.07) is -0.0260.